The number of carboxylic acid groups (broad SMARTS) is 1. The van der Waals surface area contributed by atoms with Gasteiger partial charge in [-0.15, -0.1) is 0 Å². The van der Waals surface area contributed by atoms with Crippen LogP contribution in [0.5, 0.6) is 0 Å². The Bertz CT molecular complexity index is 263. The zero-order valence-electron chi connectivity index (χ0n) is 16.7. The summed E-state index contributed by atoms with van der Waals surface area (Å²) in [6.07, 6.45) is 22.5. The van der Waals surface area contributed by atoms with Gasteiger partial charge in [-0.2, -0.15) is 0 Å². The first kappa shape index (κ1) is 23.5. The first-order chi connectivity index (χ1) is 11.7. The molecule has 0 fully saturated rings. The van der Waals surface area contributed by atoms with Gasteiger partial charge >= 0.3 is 5.97 Å². The van der Waals surface area contributed by atoms with Crippen LogP contribution < -0.4 is 0 Å². The Morgan fingerprint density at radius 2 is 0.875 bits per heavy atom. The van der Waals surface area contributed by atoms with Crippen molar-refractivity contribution in [2.75, 3.05) is 0 Å². The lowest BCUT2D eigenvalue weighted by Crippen LogP contribution is -2.13. The molecule has 0 radical (unpaired) electrons. The standard InChI is InChI=1S/C22H44O2/c1-3-5-7-9-10-11-12-13-14-16-18-20-21(22(23)24)19-17-15-8-6-4-2/h21H,3-20H2,1-2H3,(H,23,24)/t21-/m1/s1. The average Bonchev–Trinajstić information content (AvgIpc) is 2.57. The normalized spacial score (nSPS) is 12.4. The first-order valence-electron chi connectivity index (χ1n) is 10.9. The minimum absolute atomic E-state index is 0.0924. The van der Waals surface area contributed by atoms with Crippen LogP contribution in [0.1, 0.15) is 129 Å². The van der Waals surface area contributed by atoms with Gasteiger partial charge in [0, 0.05) is 0 Å². The Hall–Kier alpha value is -0.530. The van der Waals surface area contributed by atoms with E-state index in [-0.39, 0.29) is 5.92 Å². The van der Waals surface area contributed by atoms with Crippen LogP contribution in [0.4, 0.5) is 0 Å². The van der Waals surface area contributed by atoms with Gasteiger partial charge in [0.25, 0.3) is 0 Å². The van der Waals surface area contributed by atoms with Gasteiger partial charge in [-0.3, -0.25) is 4.79 Å². The summed E-state index contributed by atoms with van der Waals surface area (Å²) in [5, 5.41) is 9.34. The maximum atomic E-state index is 11.3. The van der Waals surface area contributed by atoms with Gasteiger partial charge in [0.15, 0.2) is 0 Å². The smallest absolute Gasteiger partial charge is 0.306 e. The van der Waals surface area contributed by atoms with Crippen molar-refractivity contribution in [3.63, 3.8) is 0 Å². The second-order valence-electron chi connectivity index (χ2n) is 7.56. The van der Waals surface area contributed by atoms with Gasteiger partial charge in [0.1, 0.15) is 0 Å². The molecule has 2 heteroatoms. The van der Waals surface area contributed by atoms with Gasteiger partial charge in [-0.1, -0.05) is 117 Å². The van der Waals surface area contributed by atoms with Crippen molar-refractivity contribution in [2.45, 2.75) is 129 Å². The molecule has 0 aromatic heterocycles. The van der Waals surface area contributed by atoms with E-state index in [0.717, 1.165) is 25.7 Å². The Morgan fingerprint density at radius 1 is 0.583 bits per heavy atom. The largest absolute Gasteiger partial charge is 0.481 e. The number of aliphatic carboxylic acids is 1. The van der Waals surface area contributed by atoms with Gasteiger partial charge in [0.2, 0.25) is 0 Å². The van der Waals surface area contributed by atoms with Crippen molar-refractivity contribution in [2.24, 2.45) is 5.92 Å². The van der Waals surface area contributed by atoms with Gasteiger partial charge in [-0.05, 0) is 12.8 Å². The summed E-state index contributed by atoms with van der Waals surface area (Å²) in [6.45, 7) is 4.48. The summed E-state index contributed by atoms with van der Waals surface area (Å²) in [4.78, 5) is 11.3. The lowest BCUT2D eigenvalue weighted by Gasteiger charge is -2.12. The molecule has 1 atom stereocenters. The molecule has 2 nitrogen and oxygen atoms in total. The van der Waals surface area contributed by atoms with Gasteiger partial charge in [0.05, 0.1) is 5.92 Å². The van der Waals surface area contributed by atoms with E-state index in [4.69, 9.17) is 0 Å². The number of hydrogen-bond donors (Lipinski definition) is 1. The molecular formula is C22H44O2. The van der Waals surface area contributed by atoms with E-state index in [0.29, 0.717) is 0 Å². The third-order valence-electron chi connectivity index (χ3n) is 5.16. The highest BCUT2D eigenvalue weighted by atomic mass is 16.4. The van der Waals surface area contributed by atoms with Crippen molar-refractivity contribution in [1.82, 2.24) is 0 Å². The maximum absolute atomic E-state index is 11.3. The zero-order chi connectivity index (χ0) is 17.9. The number of unbranched alkanes of at least 4 members (excludes halogenated alkanes) is 14. The summed E-state index contributed by atoms with van der Waals surface area (Å²) in [6, 6.07) is 0. The molecule has 144 valence electrons. The highest BCUT2D eigenvalue weighted by Crippen LogP contribution is 2.19. The lowest BCUT2D eigenvalue weighted by molar-refractivity contribution is -0.142. The Kier molecular flexibility index (Phi) is 18.4. The van der Waals surface area contributed by atoms with E-state index >= 15 is 0 Å². The quantitative estimate of drug-likeness (QED) is 0.244. The van der Waals surface area contributed by atoms with E-state index in [2.05, 4.69) is 13.8 Å². The predicted octanol–water partition coefficient (Wildman–Crippen LogP) is 7.75. The van der Waals surface area contributed by atoms with Gasteiger partial charge in [-0.25, -0.2) is 0 Å². The van der Waals surface area contributed by atoms with E-state index in [9.17, 15) is 9.90 Å². The van der Waals surface area contributed by atoms with Crippen molar-refractivity contribution in [1.29, 1.82) is 0 Å². The third kappa shape index (κ3) is 16.3. The molecule has 1 N–H and O–H groups in total. The predicted molar refractivity (Wildman–Crippen MR) is 106 cm³/mol. The molecule has 0 aliphatic carbocycles. The average molecular weight is 341 g/mol. The van der Waals surface area contributed by atoms with Crippen LogP contribution >= 0.6 is 0 Å². The number of carboxylic acids is 1. The van der Waals surface area contributed by atoms with E-state index in [1.165, 1.54) is 89.9 Å². The van der Waals surface area contributed by atoms with Crippen LogP contribution in [-0.2, 0) is 4.79 Å². The molecule has 24 heavy (non-hydrogen) atoms. The van der Waals surface area contributed by atoms with E-state index in [1.54, 1.807) is 0 Å². The van der Waals surface area contributed by atoms with Crippen LogP contribution in [0, 0.1) is 5.92 Å². The molecule has 0 aromatic carbocycles. The third-order valence-corrected chi connectivity index (χ3v) is 5.16. The minimum Gasteiger partial charge on any atom is -0.481 e. The van der Waals surface area contributed by atoms with E-state index in [1.807, 2.05) is 0 Å². The van der Waals surface area contributed by atoms with Crippen LogP contribution in [-0.4, -0.2) is 11.1 Å². The molecular weight excluding hydrogens is 296 g/mol. The molecule has 0 saturated heterocycles. The first-order valence-corrected chi connectivity index (χ1v) is 10.9. The maximum Gasteiger partial charge on any atom is 0.306 e. The van der Waals surface area contributed by atoms with Crippen LogP contribution in [0.25, 0.3) is 0 Å². The summed E-state index contributed by atoms with van der Waals surface area (Å²) >= 11 is 0. The number of rotatable bonds is 19. The summed E-state index contributed by atoms with van der Waals surface area (Å²) in [5.41, 5.74) is 0. The topological polar surface area (TPSA) is 37.3 Å². The Labute approximate surface area is 151 Å². The second kappa shape index (κ2) is 18.8. The fraction of sp³-hybridized carbons (Fsp3) is 0.955. The highest BCUT2D eigenvalue weighted by molar-refractivity contribution is 5.69. The molecule has 0 bridgehead atoms. The fourth-order valence-corrected chi connectivity index (χ4v) is 3.44. The van der Waals surface area contributed by atoms with E-state index < -0.39 is 5.97 Å². The summed E-state index contributed by atoms with van der Waals surface area (Å²) in [7, 11) is 0. The molecule has 0 aromatic rings. The van der Waals surface area contributed by atoms with Crippen molar-refractivity contribution >= 4 is 5.97 Å². The van der Waals surface area contributed by atoms with Crippen LogP contribution in [0.3, 0.4) is 0 Å². The zero-order valence-corrected chi connectivity index (χ0v) is 16.7. The Morgan fingerprint density at radius 3 is 1.17 bits per heavy atom. The molecule has 0 aliphatic heterocycles. The molecule has 0 unspecified atom stereocenters. The molecule has 0 amide bonds. The number of carbonyl (C=O) groups is 1. The second-order valence-corrected chi connectivity index (χ2v) is 7.56. The van der Waals surface area contributed by atoms with Crippen molar-refractivity contribution in [3.8, 4) is 0 Å². The highest BCUT2D eigenvalue weighted by Gasteiger charge is 2.16. The lowest BCUT2D eigenvalue weighted by atomic mass is 9.94. The van der Waals surface area contributed by atoms with Crippen molar-refractivity contribution < 1.29 is 9.90 Å². The van der Waals surface area contributed by atoms with Gasteiger partial charge < -0.3 is 5.11 Å². The molecule has 0 rings (SSSR count). The van der Waals surface area contributed by atoms with Crippen LogP contribution in [0.2, 0.25) is 0 Å². The molecule has 0 aliphatic rings. The summed E-state index contributed by atoms with van der Waals surface area (Å²) < 4.78 is 0. The van der Waals surface area contributed by atoms with Crippen LogP contribution in [0.15, 0.2) is 0 Å². The monoisotopic (exact) mass is 340 g/mol. The summed E-state index contributed by atoms with van der Waals surface area (Å²) in [5.74, 6) is -0.664. The number of hydrogen-bond acceptors (Lipinski definition) is 1. The molecule has 0 spiro atoms. The fourth-order valence-electron chi connectivity index (χ4n) is 3.44. The molecule has 0 heterocycles. The molecule has 0 saturated carbocycles. The minimum atomic E-state index is -0.572. The SMILES string of the molecule is CCCCCCCCCCCCC[C@@H](CCCCCCC)C(=O)O. The Balaban J connectivity index is 3.42. The van der Waals surface area contributed by atoms with Crippen molar-refractivity contribution in [3.05, 3.63) is 0 Å².